The van der Waals surface area contributed by atoms with Gasteiger partial charge in [-0.25, -0.2) is 4.39 Å². The van der Waals surface area contributed by atoms with Crippen LogP contribution in [-0.2, 0) is 13.2 Å². The average Bonchev–Trinajstić information content (AvgIpc) is 3.15. The van der Waals surface area contributed by atoms with Crippen LogP contribution < -0.4 is 5.32 Å². The molecular formula is C19H16FNO3. The molecule has 0 unspecified atom stereocenters. The van der Waals surface area contributed by atoms with Crippen LogP contribution in [-0.4, -0.2) is 11.0 Å². The summed E-state index contributed by atoms with van der Waals surface area (Å²) in [5.41, 5.74) is 3.25. The first kappa shape index (κ1) is 16.0. The van der Waals surface area contributed by atoms with E-state index in [0.717, 1.165) is 16.7 Å². The number of amides is 1. The molecule has 0 atom stereocenters. The van der Waals surface area contributed by atoms with Gasteiger partial charge in [-0.1, -0.05) is 18.2 Å². The molecule has 4 nitrogen and oxygen atoms in total. The number of aliphatic hydroxyl groups excluding tert-OH is 1. The van der Waals surface area contributed by atoms with Crippen molar-refractivity contribution in [2.24, 2.45) is 0 Å². The van der Waals surface area contributed by atoms with Gasteiger partial charge in [0.05, 0.1) is 19.1 Å². The van der Waals surface area contributed by atoms with Gasteiger partial charge in [-0.2, -0.15) is 0 Å². The Labute approximate surface area is 138 Å². The van der Waals surface area contributed by atoms with Gasteiger partial charge in [-0.3, -0.25) is 4.79 Å². The Balaban J connectivity index is 1.70. The van der Waals surface area contributed by atoms with E-state index in [1.807, 2.05) is 12.1 Å². The van der Waals surface area contributed by atoms with Gasteiger partial charge in [0.2, 0.25) is 0 Å². The molecule has 0 bridgehead atoms. The molecule has 122 valence electrons. The van der Waals surface area contributed by atoms with Gasteiger partial charge in [0.15, 0.2) is 0 Å². The number of nitrogens with one attached hydrogen (secondary N) is 1. The molecule has 0 saturated carbocycles. The predicted molar refractivity (Wildman–Crippen MR) is 87.6 cm³/mol. The lowest BCUT2D eigenvalue weighted by atomic mass is 10.1. The summed E-state index contributed by atoms with van der Waals surface area (Å²) >= 11 is 0. The Morgan fingerprint density at radius 3 is 2.75 bits per heavy atom. The summed E-state index contributed by atoms with van der Waals surface area (Å²) in [6, 6.07) is 13.4. The molecule has 0 spiro atoms. The molecule has 5 heteroatoms. The summed E-state index contributed by atoms with van der Waals surface area (Å²) in [5.74, 6) is -0.685. The quantitative estimate of drug-likeness (QED) is 0.754. The van der Waals surface area contributed by atoms with Gasteiger partial charge in [0, 0.05) is 23.2 Å². The fourth-order valence-corrected chi connectivity index (χ4v) is 2.41. The highest BCUT2D eigenvalue weighted by atomic mass is 19.1. The molecule has 2 aromatic carbocycles. The molecule has 0 aliphatic carbocycles. The molecule has 3 rings (SSSR count). The zero-order chi connectivity index (χ0) is 16.9. The summed E-state index contributed by atoms with van der Waals surface area (Å²) in [4.78, 5) is 12.3. The van der Waals surface area contributed by atoms with Gasteiger partial charge in [0.25, 0.3) is 5.91 Å². The first-order valence-corrected chi connectivity index (χ1v) is 7.46. The Morgan fingerprint density at radius 1 is 1.12 bits per heavy atom. The second-order valence-corrected chi connectivity index (χ2v) is 5.36. The van der Waals surface area contributed by atoms with Crippen LogP contribution in [0.25, 0.3) is 11.1 Å². The van der Waals surface area contributed by atoms with E-state index >= 15 is 0 Å². The molecule has 0 saturated heterocycles. The number of halogens is 1. The summed E-state index contributed by atoms with van der Waals surface area (Å²) in [6.45, 7) is -0.123. The minimum Gasteiger partial charge on any atom is -0.472 e. The number of carbonyl (C=O) groups is 1. The zero-order valence-electron chi connectivity index (χ0n) is 12.8. The molecule has 0 radical (unpaired) electrons. The molecule has 0 aliphatic rings. The van der Waals surface area contributed by atoms with Gasteiger partial charge >= 0.3 is 0 Å². The second kappa shape index (κ2) is 7.10. The lowest BCUT2D eigenvalue weighted by molar-refractivity contribution is 0.0951. The SMILES string of the molecule is O=C(NCc1ccc(F)c(CO)c1)c1cccc(-c2ccoc2)c1. The van der Waals surface area contributed by atoms with E-state index < -0.39 is 5.82 Å². The van der Waals surface area contributed by atoms with Crippen molar-refractivity contribution < 1.29 is 18.7 Å². The predicted octanol–water partition coefficient (Wildman–Crippen LogP) is 3.51. The third-order valence-electron chi connectivity index (χ3n) is 3.71. The van der Waals surface area contributed by atoms with Crippen molar-refractivity contribution in [1.29, 1.82) is 0 Å². The van der Waals surface area contributed by atoms with Gasteiger partial charge < -0.3 is 14.8 Å². The van der Waals surface area contributed by atoms with Crippen molar-refractivity contribution in [2.75, 3.05) is 0 Å². The molecule has 24 heavy (non-hydrogen) atoms. The number of benzene rings is 2. The van der Waals surface area contributed by atoms with Crippen LogP contribution in [0.5, 0.6) is 0 Å². The first-order chi connectivity index (χ1) is 11.7. The van der Waals surface area contributed by atoms with Crippen molar-refractivity contribution >= 4 is 5.91 Å². The minimum absolute atomic E-state index is 0.212. The van der Waals surface area contributed by atoms with E-state index in [0.29, 0.717) is 5.56 Å². The van der Waals surface area contributed by atoms with Crippen molar-refractivity contribution in [2.45, 2.75) is 13.2 Å². The molecule has 1 aromatic heterocycles. The van der Waals surface area contributed by atoms with Crippen LogP contribution in [0.15, 0.2) is 65.5 Å². The highest BCUT2D eigenvalue weighted by molar-refractivity contribution is 5.95. The zero-order valence-corrected chi connectivity index (χ0v) is 12.8. The number of carbonyl (C=O) groups excluding carboxylic acids is 1. The molecule has 3 aromatic rings. The summed E-state index contributed by atoms with van der Waals surface area (Å²) in [5, 5.41) is 11.9. The van der Waals surface area contributed by atoms with Crippen LogP contribution in [0, 0.1) is 5.82 Å². The number of aliphatic hydroxyl groups is 1. The van der Waals surface area contributed by atoms with Gasteiger partial charge in [0.1, 0.15) is 5.82 Å². The third kappa shape index (κ3) is 3.52. The highest BCUT2D eigenvalue weighted by Gasteiger charge is 2.09. The van der Waals surface area contributed by atoms with Crippen LogP contribution in [0.1, 0.15) is 21.5 Å². The standard InChI is InChI=1S/C19H16FNO3/c20-18-5-4-13(8-17(18)11-22)10-21-19(23)15-3-1-2-14(9-15)16-6-7-24-12-16/h1-9,12,22H,10-11H2,(H,21,23). The monoisotopic (exact) mass is 325 g/mol. The van der Waals surface area contributed by atoms with Gasteiger partial charge in [-0.05, 0) is 41.5 Å². The largest absolute Gasteiger partial charge is 0.472 e. The Bertz CT molecular complexity index is 844. The number of hydrogen-bond acceptors (Lipinski definition) is 3. The Hall–Kier alpha value is -2.92. The lowest BCUT2D eigenvalue weighted by Crippen LogP contribution is -2.22. The van der Waals surface area contributed by atoms with Crippen LogP contribution in [0.3, 0.4) is 0 Å². The summed E-state index contributed by atoms with van der Waals surface area (Å²) < 4.78 is 18.4. The van der Waals surface area contributed by atoms with Crippen molar-refractivity contribution in [3.8, 4) is 11.1 Å². The average molecular weight is 325 g/mol. The minimum atomic E-state index is -0.458. The maximum Gasteiger partial charge on any atom is 0.251 e. The maximum absolute atomic E-state index is 13.4. The topological polar surface area (TPSA) is 62.5 Å². The summed E-state index contributed by atoms with van der Waals surface area (Å²) in [6.07, 6.45) is 3.20. The van der Waals surface area contributed by atoms with Gasteiger partial charge in [-0.15, -0.1) is 0 Å². The molecule has 2 N–H and O–H groups in total. The molecule has 0 aliphatic heterocycles. The maximum atomic E-state index is 13.4. The number of furan rings is 1. The molecule has 1 heterocycles. The van der Waals surface area contributed by atoms with E-state index in [2.05, 4.69) is 5.32 Å². The molecular weight excluding hydrogens is 309 g/mol. The number of rotatable bonds is 5. The fraction of sp³-hybridized carbons (Fsp3) is 0.105. The molecule has 1 amide bonds. The fourth-order valence-electron chi connectivity index (χ4n) is 2.41. The third-order valence-corrected chi connectivity index (χ3v) is 3.71. The Morgan fingerprint density at radius 2 is 2.00 bits per heavy atom. The van der Waals surface area contributed by atoms with Crippen LogP contribution in [0.2, 0.25) is 0 Å². The second-order valence-electron chi connectivity index (χ2n) is 5.36. The van der Waals surface area contributed by atoms with E-state index in [1.54, 1.807) is 36.8 Å². The highest BCUT2D eigenvalue weighted by Crippen LogP contribution is 2.20. The smallest absolute Gasteiger partial charge is 0.251 e. The lowest BCUT2D eigenvalue weighted by Gasteiger charge is -2.08. The van der Waals surface area contributed by atoms with E-state index in [9.17, 15) is 9.18 Å². The van der Waals surface area contributed by atoms with Crippen molar-refractivity contribution in [1.82, 2.24) is 5.32 Å². The first-order valence-electron chi connectivity index (χ1n) is 7.46. The van der Waals surface area contributed by atoms with E-state index in [-0.39, 0.29) is 24.6 Å². The van der Waals surface area contributed by atoms with Crippen LogP contribution >= 0.6 is 0 Å². The summed E-state index contributed by atoms with van der Waals surface area (Å²) in [7, 11) is 0. The molecule has 0 fully saturated rings. The number of hydrogen-bond donors (Lipinski definition) is 2. The Kier molecular flexibility index (Phi) is 4.72. The van der Waals surface area contributed by atoms with Crippen LogP contribution in [0.4, 0.5) is 4.39 Å². The van der Waals surface area contributed by atoms with E-state index in [1.165, 1.54) is 12.1 Å². The van der Waals surface area contributed by atoms with Crippen molar-refractivity contribution in [3.63, 3.8) is 0 Å². The van der Waals surface area contributed by atoms with E-state index in [4.69, 9.17) is 9.52 Å². The normalized spacial score (nSPS) is 10.6. The van der Waals surface area contributed by atoms with Crippen molar-refractivity contribution in [3.05, 3.63) is 83.6 Å².